The average molecular weight is 457 g/mol. The molecule has 3 aromatic rings. The molecule has 2 fully saturated rings. The maximum atomic E-state index is 13.3. The van der Waals surface area contributed by atoms with Gasteiger partial charge in [0.1, 0.15) is 12.2 Å². The van der Waals surface area contributed by atoms with Crippen LogP contribution in [0.2, 0.25) is 0 Å². The first kappa shape index (κ1) is 21.3. The molecule has 0 aliphatic heterocycles. The van der Waals surface area contributed by atoms with Gasteiger partial charge in [-0.25, -0.2) is 13.1 Å². The summed E-state index contributed by atoms with van der Waals surface area (Å²) in [5, 5.41) is 12.1. The van der Waals surface area contributed by atoms with E-state index in [1.54, 1.807) is 18.5 Å². The molecule has 1 aromatic carbocycles. The summed E-state index contributed by atoms with van der Waals surface area (Å²) in [5.41, 5.74) is 1.52. The second kappa shape index (κ2) is 8.40. The van der Waals surface area contributed by atoms with Gasteiger partial charge < -0.3 is 9.09 Å². The Morgan fingerprint density at radius 1 is 1.22 bits per heavy atom. The van der Waals surface area contributed by atoms with Gasteiger partial charge in [-0.1, -0.05) is 12.1 Å². The molecular weight excluding hydrogens is 428 g/mol. The second-order valence-corrected chi connectivity index (χ2v) is 10.5. The molecule has 2 saturated carbocycles. The van der Waals surface area contributed by atoms with Crippen molar-refractivity contribution in [2.24, 2.45) is 0 Å². The van der Waals surface area contributed by atoms with Gasteiger partial charge in [-0.15, -0.1) is 10.2 Å². The Morgan fingerprint density at radius 2 is 2.06 bits per heavy atom. The van der Waals surface area contributed by atoms with Crippen molar-refractivity contribution in [2.75, 3.05) is 0 Å². The highest BCUT2D eigenvalue weighted by atomic mass is 32.2. The standard InChI is InChI=1S/C22H28N6O3S/c1-3-15-11-17(21-24-22(31-26-21)16-7-8-16)9-10-20(15)32(29,30)27-18-5-4-6-19(12-18)28-13-23-25-14(28)2/h9-11,13,16,18-19,27H,3-8,12H2,1-2H3. The van der Waals surface area contributed by atoms with Crippen LogP contribution in [0, 0.1) is 6.92 Å². The van der Waals surface area contributed by atoms with Crippen LogP contribution in [0.15, 0.2) is 33.9 Å². The lowest BCUT2D eigenvalue weighted by molar-refractivity contribution is 0.302. The number of hydrogen-bond donors (Lipinski definition) is 1. The number of sulfonamides is 1. The Labute approximate surface area is 187 Å². The number of aryl methyl sites for hydroxylation is 2. The van der Waals surface area contributed by atoms with E-state index in [0.29, 0.717) is 28.9 Å². The van der Waals surface area contributed by atoms with Gasteiger partial charge in [0.15, 0.2) is 0 Å². The van der Waals surface area contributed by atoms with Crippen molar-refractivity contribution in [1.29, 1.82) is 0 Å². The molecule has 2 aliphatic rings. The SMILES string of the molecule is CCc1cc(-c2noc(C3CC3)n2)ccc1S(=O)(=O)NC1CCCC(n2cnnc2C)C1. The van der Waals surface area contributed by atoms with E-state index < -0.39 is 10.0 Å². The summed E-state index contributed by atoms with van der Waals surface area (Å²) in [6.07, 6.45) is 8.00. The topological polar surface area (TPSA) is 116 Å². The van der Waals surface area contributed by atoms with Crippen molar-refractivity contribution in [3.63, 3.8) is 0 Å². The second-order valence-electron chi connectivity index (χ2n) is 8.83. The highest BCUT2D eigenvalue weighted by Crippen LogP contribution is 2.39. The lowest BCUT2D eigenvalue weighted by atomic mass is 9.91. The van der Waals surface area contributed by atoms with Crippen LogP contribution in [0.4, 0.5) is 0 Å². The number of rotatable bonds is 7. The zero-order valence-corrected chi connectivity index (χ0v) is 19.2. The Morgan fingerprint density at radius 3 is 2.78 bits per heavy atom. The molecule has 5 rings (SSSR count). The molecule has 10 heteroatoms. The highest BCUT2D eigenvalue weighted by molar-refractivity contribution is 7.89. The van der Waals surface area contributed by atoms with Crippen molar-refractivity contribution >= 4 is 10.0 Å². The normalized spacial score (nSPS) is 21.7. The van der Waals surface area contributed by atoms with Crippen LogP contribution in [0.25, 0.3) is 11.4 Å². The summed E-state index contributed by atoms with van der Waals surface area (Å²) in [5.74, 6) is 2.42. The minimum atomic E-state index is -3.66. The van der Waals surface area contributed by atoms with E-state index in [-0.39, 0.29) is 12.1 Å². The Kier molecular flexibility index (Phi) is 5.58. The molecule has 0 amide bonds. The largest absolute Gasteiger partial charge is 0.339 e. The lowest BCUT2D eigenvalue weighted by Gasteiger charge is -2.30. The third-order valence-corrected chi connectivity index (χ3v) is 8.09. The van der Waals surface area contributed by atoms with Crippen LogP contribution in [0.3, 0.4) is 0 Å². The Balaban J connectivity index is 1.35. The van der Waals surface area contributed by atoms with E-state index in [1.165, 1.54) is 0 Å². The molecule has 9 nitrogen and oxygen atoms in total. The molecule has 0 saturated heterocycles. The minimum Gasteiger partial charge on any atom is -0.339 e. The molecule has 2 aliphatic carbocycles. The zero-order chi connectivity index (χ0) is 22.3. The van der Waals surface area contributed by atoms with E-state index in [0.717, 1.165) is 55.5 Å². The molecule has 1 N–H and O–H groups in total. The highest BCUT2D eigenvalue weighted by Gasteiger charge is 2.31. The molecule has 0 bridgehead atoms. The molecule has 2 atom stereocenters. The fraction of sp³-hybridized carbons (Fsp3) is 0.545. The zero-order valence-electron chi connectivity index (χ0n) is 18.4. The summed E-state index contributed by atoms with van der Waals surface area (Å²) in [4.78, 5) is 4.80. The van der Waals surface area contributed by atoms with Gasteiger partial charge in [0.25, 0.3) is 0 Å². The van der Waals surface area contributed by atoms with Gasteiger partial charge in [0.2, 0.25) is 21.7 Å². The van der Waals surface area contributed by atoms with Gasteiger partial charge in [0.05, 0.1) is 4.90 Å². The summed E-state index contributed by atoms with van der Waals surface area (Å²) in [6.45, 7) is 3.88. The monoisotopic (exact) mass is 456 g/mol. The maximum Gasteiger partial charge on any atom is 0.241 e. The van der Waals surface area contributed by atoms with E-state index in [1.807, 2.05) is 24.5 Å². The third kappa shape index (κ3) is 4.21. The van der Waals surface area contributed by atoms with E-state index in [2.05, 4.69) is 25.1 Å². The predicted octanol–water partition coefficient (Wildman–Crippen LogP) is 3.54. The van der Waals surface area contributed by atoms with Crippen LogP contribution in [-0.4, -0.2) is 39.4 Å². The van der Waals surface area contributed by atoms with E-state index in [4.69, 9.17) is 4.52 Å². The van der Waals surface area contributed by atoms with Gasteiger partial charge in [0, 0.05) is 23.6 Å². The lowest BCUT2D eigenvalue weighted by Crippen LogP contribution is -2.39. The fourth-order valence-corrected chi connectivity index (χ4v) is 6.15. The van der Waals surface area contributed by atoms with E-state index in [9.17, 15) is 8.42 Å². The number of nitrogens with zero attached hydrogens (tertiary/aromatic N) is 5. The van der Waals surface area contributed by atoms with Crippen LogP contribution in [0.5, 0.6) is 0 Å². The summed E-state index contributed by atoms with van der Waals surface area (Å²) < 4.78 is 37.0. The first-order valence-electron chi connectivity index (χ1n) is 11.3. The maximum absolute atomic E-state index is 13.3. The average Bonchev–Trinajstić information content (AvgIpc) is 3.35. The van der Waals surface area contributed by atoms with Crippen molar-refractivity contribution in [3.8, 4) is 11.4 Å². The molecule has 2 unspecified atom stereocenters. The smallest absolute Gasteiger partial charge is 0.241 e. The molecular formula is C22H28N6O3S. The van der Waals surface area contributed by atoms with Crippen LogP contribution in [-0.2, 0) is 16.4 Å². The van der Waals surface area contributed by atoms with Crippen molar-refractivity contribution < 1.29 is 12.9 Å². The van der Waals surface area contributed by atoms with Crippen molar-refractivity contribution in [1.82, 2.24) is 29.6 Å². The van der Waals surface area contributed by atoms with Gasteiger partial charge in [-0.2, -0.15) is 4.98 Å². The quantitative estimate of drug-likeness (QED) is 0.578. The van der Waals surface area contributed by atoms with Crippen molar-refractivity contribution in [2.45, 2.75) is 81.7 Å². The Bertz CT molecular complexity index is 1210. The van der Waals surface area contributed by atoms with Crippen LogP contribution >= 0.6 is 0 Å². The van der Waals surface area contributed by atoms with Crippen LogP contribution < -0.4 is 4.72 Å². The molecule has 170 valence electrons. The van der Waals surface area contributed by atoms with Gasteiger partial charge in [-0.05, 0) is 75.6 Å². The fourth-order valence-electron chi connectivity index (χ4n) is 4.57. The molecule has 0 radical (unpaired) electrons. The first-order valence-corrected chi connectivity index (χ1v) is 12.8. The molecule has 2 heterocycles. The van der Waals surface area contributed by atoms with Gasteiger partial charge >= 0.3 is 0 Å². The third-order valence-electron chi connectivity index (χ3n) is 6.47. The van der Waals surface area contributed by atoms with E-state index >= 15 is 0 Å². The van der Waals surface area contributed by atoms with Crippen LogP contribution in [0.1, 0.15) is 74.7 Å². The first-order chi connectivity index (χ1) is 15.4. The molecule has 2 aromatic heterocycles. The summed E-state index contributed by atoms with van der Waals surface area (Å²) in [7, 11) is -3.66. The summed E-state index contributed by atoms with van der Waals surface area (Å²) >= 11 is 0. The Hall–Kier alpha value is -2.59. The summed E-state index contributed by atoms with van der Waals surface area (Å²) in [6, 6.07) is 5.37. The van der Waals surface area contributed by atoms with Gasteiger partial charge in [-0.3, -0.25) is 0 Å². The number of benzene rings is 1. The van der Waals surface area contributed by atoms with Crippen molar-refractivity contribution in [3.05, 3.63) is 41.8 Å². The molecule has 0 spiro atoms. The molecule has 32 heavy (non-hydrogen) atoms. The number of aromatic nitrogens is 5. The number of hydrogen-bond acceptors (Lipinski definition) is 7. The predicted molar refractivity (Wildman–Crippen MR) is 117 cm³/mol. The number of nitrogens with one attached hydrogen (secondary N) is 1. The minimum absolute atomic E-state index is 0.122.